The first kappa shape index (κ1) is 17.6. The highest BCUT2D eigenvalue weighted by molar-refractivity contribution is 6.09. The van der Waals surface area contributed by atoms with Gasteiger partial charge in [0.25, 0.3) is 0 Å². The molecule has 0 radical (unpaired) electrons. The van der Waals surface area contributed by atoms with E-state index in [2.05, 4.69) is 0 Å². The molecule has 0 aliphatic carbocycles. The second kappa shape index (κ2) is 7.80. The monoisotopic (exact) mass is 365 g/mol. The van der Waals surface area contributed by atoms with E-state index in [0.717, 1.165) is 11.1 Å². The van der Waals surface area contributed by atoms with Gasteiger partial charge < -0.3 is 10.5 Å². The van der Waals surface area contributed by atoms with Crippen LogP contribution >= 0.6 is 0 Å². The minimum Gasteiger partial charge on any atom is -0.455 e. The van der Waals surface area contributed by atoms with E-state index in [-0.39, 0.29) is 5.78 Å². The third-order valence-electron chi connectivity index (χ3n) is 4.50. The molecule has 0 amide bonds. The molecule has 0 saturated carbocycles. The maximum absolute atomic E-state index is 12.6. The molecule has 3 nitrogen and oxygen atoms in total. The van der Waals surface area contributed by atoms with Gasteiger partial charge in [-0.3, -0.25) is 4.79 Å². The first-order valence-corrected chi connectivity index (χ1v) is 9.04. The largest absolute Gasteiger partial charge is 0.455 e. The van der Waals surface area contributed by atoms with E-state index >= 15 is 0 Å². The molecule has 4 rings (SSSR count). The normalized spacial score (nSPS) is 10.4. The van der Waals surface area contributed by atoms with Crippen LogP contribution < -0.4 is 10.5 Å². The van der Waals surface area contributed by atoms with Gasteiger partial charge in [0.2, 0.25) is 0 Å². The summed E-state index contributed by atoms with van der Waals surface area (Å²) in [7, 11) is 0. The Labute approximate surface area is 164 Å². The van der Waals surface area contributed by atoms with E-state index < -0.39 is 0 Å². The average molecular weight is 365 g/mol. The van der Waals surface area contributed by atoms with Crippen molar-refractivity contribution >= 4 is 11.5 Å². The zero-order valence-corrected chi connectivity index (χ0v) is 15.2. The summed E-state index contributed by atoms with van der Waals surface area (Å²) in [6.07, 6.45) is 0. The summed E-state index contributed by atoms with van der Waals surface area (Å²) in [5.41, 5.74) is 9.82. The Morgan fingerprint density at radius 1 is 0.643 bits per heavy atom. The van der Waals surface area contributed by atoms with Gasteiger partial charge >= 0.3 is 0 Å². The number of rotatable bonds is 5. The highest BCUT2D eigenvalue weighted by Gasteiger charge is 2.13. The highest BCUT2D eigenvalue weighted by atomic mass is 16.5. The predicted molar refractivity (Wildman–Crippen MR) is 113 cm³/mol. The summed E-state index contributed by atoms with van der Waals surface area (Å²) in [6, 6.07) is 32.1. The quantitative estimate of drug-likeness (QED) is 0.351. The fourth-order valence-electron chi connectivity index (χ4n) is 3.07. The highest BCUT2D eigenvalue weighted by Crippen LogP contribution is 2.35. The first-order valence-electron chi connectivity index (χ1n) is 9.04. The molecule has 4 aromatic rings. The first-order chi connectivity index (χ1) is 13.7. The number of nitrogen functional groups attached to an aromatic ring is 1. The molecule has 0 unspecified atom stereocenters. The van der Waals surface area contributed by atoms with E-state index in [4.69, 9.17) is 10.5 Å². The Morgan fingerprint density at radius 3 is 2.00 bits per heavy atom. The van der Waals surface area contributed by atoms with Crippen molar-refractivity contribution in [2.75, 3.05) is 5.73 Å². The van der Waals surface area contributed by atoms with Gasteiger partial charge in [-0.1, -0.05) is 78.9 Å². The fraction of sp³-hybridized carbons (Fsp3) is 0. The Bertz CT molecular complexity index is 1110. The van der Waals surface area contributed by atoms with Gasteiger partial charge in [0, 0.05) is 16.7 Å². The van der Waals surface area contributed by atoms with Crippen molar-refractivity contribution in [2.24, 2.45) is 0 Å². The lowest BCUT2D eigenvalue weighted by Crippen LogP contribution is -2.03. The van der Waals surface area contributed by atoms with Crippen LogP contribution in [0.5, 0.6) is 11.5 Å². The third-order valence-corrected chi connectivity index (χ3v) is 4.50. The standard InChI is InChI=1S/C25H19NO2/c26-22-17-20(25(27)19-11-5-2-6-12-19)15-16-24(22)28-23-14-8-7-13-21(23)18-9-3-1-4-10-18/h1-17H,26H2. The van der Waals surface area contributed by atoms with E-state index in [1.807, 2.05) is 72.8 Å². The lowest BCUT2D eigenvalue weighted by atomic mass is 10.0. The summed E-state index contributed by atoms with van der Waals surface area (Å²) in [4.78, 5) is 12.6. The Balaban J connectivity index is 1.63. The van der Waals surface area contributed by atoms with Gasteiger partial charge in [-0.2, -0.15) is 0 Å². The van der Waals surface area contributed by atoms with Crippen molar-refractivity contribution in [3.8, 4) is 22.6 Å². The summed E-state index contributed by atoms with van der Waals surface area (Å²) in [6.45, 7) is 0. The number of anilines is 1. The van der Waals surface area contributed by atoms with E-state index in [0.29, 0.717) is 28.3 Å². The van der Waals surface area contributed by atoms with Crippen LogP contribution in [0, 0.1) is 0 Å². The van der Waals surface area contributed by atoms with Crippen LogP contribution in [0.4, 0.5) is 5.69 Å². The number of ketones is 1. The Kier molecular flexibility index (Phi) is 4.89. The summed E-state index contributed by atoms with van der Waals surface area (Å²) in [5.74, 6) is 1.17. The van der Waals surface area contributed by atoms with E-state index in [1.54, 1.807) is 30.3 Å². The zero-order valence-electron chi connectivity index (χ0n) is 15.2. The van der Waals surface area contributed by atoms with Gasteiger partial charge in [0.1, 0.15) is 11.5 Å². The van der Waals surface area contributed by atoms with Crippen molar-refractivity contribution in [2.45, 2.75) is 0 Å². The molecule has 136 valence electrons. The molecule has 0 aromatic heterocycles. The number of benzene rings is 4. The molecule has 28 heavy (non-hydrogen) atoms. The zero-order chi connectivity index (χ0) is 19.3. The third kappa shape index (κ3) is 3.64. The Hall–Kier alpha value is -3.85. The molecule has 0 aliphatic heterocycles. The molecule has 0 atom stereocenters. The van der Waals surface area contributed by atoms with Crippen molar-refractivity contribution < 1.29 is 9.53 Å². The number of hydrogen-bond acceptors (Lipinski definition) is 3. The SMILES string of the molecule is Nc1cc(C(=O)c2ccccc2)ccc1Oc1ccccc1-c1ccccc1. The van der Waals surface area contributed by atoms with Crippen LogP contribution in [0.15, 0.2) is 103 Å². The molecule has 0 bridgehead atoms. The topological polar surface area (TPSA) is 52.3 Å². The number of para-hydroxylation sites is 1. The molecule has 0 aliphatic rings. The number of carbonyl (C=O) groups excluding carboxylic acids is 1. The average Bonchev–Trinajstić information content (AvgIpc) is 2.76. The number of carbonyl (C=O) groups is 1. The van der Waals surface area contributed by atoms with Gasteiger partial charge in [0.15, 0.2) is 5.78 Å². The minimum absolute atomic E-state index is 0.0662. The van der Waals surface area contributed by atoms with Gasteiger partial charge in [-0.15, -0.1) is 0 Å². The molecule has 0 fully saturated rings. The van der Waals surface area contributed by atoms with Crippen LogP contribution in [0.2, 0.25) is 0 Å². The molecule has 0 heterocycles. The molecule has 0 spiro atoms. The number of hydrogen-bond donors (Lipinski definition) is 1. The van der Waals surface area contributed by atoms with Crippen LogP contribution in [0.3, 0.4) is 0 Å². The number of nitrogens with two attached hydrogens (primary N) is 1. The maximum atomic E-state index is 12.6. The molecular weight excluding hydrogens is 346 g/mol. The maximum Gasteiger partial charge on any atom is 0.193 e. The van der Waals surface area contributed by atoms with Crippen molar-refractivity contribution in [1.29, 1.82) is 0 Å². The number of ether oxygens (including phenoxy) is 1. The summed E-state index contributed by atoms with van der Waals surface area (Å²) in [5, 5.41) is 0. The van der Waals surface area contributed by atoms with Gasteiger partial charge in [-0.05, 0) is 29.8 Å². The lowest BCUT2D eigenvalue weighted by Gasteiger charge is -2.13. The van der Waals surface area contributed by atoms with Crippen LogP contribution in [-0.2, 0) is 0 Å². The minimum atomic E-state index is -0.0662. The van der Waals surface area contributed by atoms with Gasteiger partial charge in [0.05, 0.1) is 5.69 Å². The van der Waals surface area contributed by atoms with E-state index in [9.17, 15) is 4.79 Å². The summed E-state index contributed by atoms with van der Waals surface area (Å²) < 4.78 is 6.10. The van der Waals surface area contributed by atoms with Crippen LogP contribution in [0.1, 0.15) is 15.9 Å². The van der Waals surface area contributed by atoms with Crippen LogP contribution in [0.25, 0.3) is 11.1 Å². The van der Waals surface area contributed by atoms with Crippen molar-refractivity contribution in [3.63, 3.8) is 0 Å². The lowest BCUT2D eigenvalue weighted by molar-refractivity contribution is 0.103. The second-order valence-electron chi connectivity index (χ2n) is 6.41. The second-order valence-corrected chi connectivity index (χ2v) is 6.41. The molecule has 0 saturated heterocycles. The van der Waals surface area contributed by atoms with Crippen molar-refractivity contribution in [1.82, 2.24) is 0 Å². The molecule has 3 heteroatoms. The molecule has 2 N–H and O–H groups in total. The molecule has 4 aromatic carbocycles. The summed E-state index contributed by atoms with van der Waals surface area (Å²) >= 11 is 0. The Morgan fingerprint density at radius 2 is 1.29 bits per heavy atom. The van der Waals surface area contributed by atoms with Crippen LogP contribution in [-0.4, -0.2) is 5.78 Å². The smallest absolute Gasteiger partial charge is 0.193 e. The van der Waals surface area contributed by atoms with E-state index in [1.165, 1.54) is 0 Å². The van der Waals surface area contributed by atoms with Gasteiger partial charge in [-0.25, -0.2) is 0 Å². The molecular formula is C25H19NO2. The fourth-order valence-corrected chi connectivity index (χ4v) is 3.07. The predicted octanol–water partition coefficient (Wildman–Crippen LogP) is 5.96. The van der Waals surface area contributed by atoms with Crippen molar-refractivity contribution in [3.05, 3.63) is 114 Å².